The molecule has 1 atom stereocenters. The van der Waals surface area contributed by atoms with Crippen LogP contribution in [0.25, 0.3) is 0 Å². The van der Waals surface area contributed by atoms with Crippen LogP contribution in [0.2, 0.25) is 0 Å². The molecule has 1 unspecified atom stereocenters. The lowest BCUT2D eigenvalue weighted by Crippen LogP contribution is -2.21. The molecule has 0 aliphatic carbocycles. The van der Waals surface area contributed by atoms with Gasteiger partial charge in [-0.25, -0.2) is 13.6 Å². The van der Waals surface area contributed by atoms with Crippen molar-refractivity contribution in [2.45, 2.75) is 51.2 Å². The molecule has 98 valence electrons. The van der Waals surface area contributed by atoms with Crippen LogP contribution in [0.4, 0.5) is 0 Å². The first kappa shape index (κ1) is 16.1. The Labute approximate surface area is 101 Å². The van der Waals surface area contributed by atoms with Crippen molar-refractivity contribution in [2.75, 3.05) is 11.5 Å². The molecule has 0 heterocycles. The van der Waals surface area contributed by atoms with Gasteiger partial charge in [-0.2, -0.15) is 0 Å². The highest BCUT2D eigenvalue weighted by atomic mass is 32.2. The second-order valence-corrected chi connectivity index (χ2v) is 7.58. The summed E-state index contributed by atoms with van der Waals surface area (Å²) in [7, 11) is -4.32. The SMILES string of the molecule is CCCC(CCC)S(=O)CCCS(N)(=O)=O. The molecule has 0 aliphatic rings. The third-order valence-corrected chi connectivity index (χ3v) is 5.13. The smallest absolute Gasteiger partial charge is 0.209 e. The van der Waals surface area contributed by atoms with Crippen LogP contribution in [0.1, 0.15) is 46.0 Å². The van der Waals surface area contributed by atoms with E-state index in [4.69, 9.17) is 5.14 Å². The van der Waals surface area contributed by atoms with Gasteiger partial charge in [0, 0.05) is 21.8 Å². The van der Waals surface area contributed by atoms with Crippen LogP contribution in [0.15, 0.2) is 0 Å². The van der Waals surface area contributed by atoms with E-state index in [9.17, 15) is 12.6 Å². The normalized spacial score (nSPS) is 14.2. The number of sulfonamides is 1. The number of hydrogen-bond donors (Lipinski definition) is 1. The fourth-order valence-electron chi connectivity index (χ4n) is 1.62. The molecule has 0 amide bonds. The number of hydrogen-bond acceptors (Lipinski definition) is 3. The first-order valence-corrected chi connectivity index (χ1v) is 8.88. The van der Waals surface area contributed by atoms with Crippen molar-refractivity contribution in [3.05, 3.63) is 0 Å². The Morgan fingerprint density at radius 1 is 1.19 bits per heavy atom. The van der Waals surface area contributed by atoms with Gasteiger partial charge in [0.25, 0.3) is 0 Å². The molecule has 0 spiro atoms. The van der Waals surface area contributed by atoms with Gasteiger partial charge < -0.3 is 0 Å². The van der Waals surface area contributed by atoms with Crippen molar-refractivity contribution in [1.29, 1.82) is 0 Å². The highest BCUT2D eigenvalue weighted by Crippen LogP contribution is 2.13. The zero-order chi connectivity index (χ0) is 12.6. The van der Waals surface area contributed by atoms with Crippen molar-refractivity contribution in [2.24, 2.45) is 5.14 Å². The molecule has 2 N–H and O–H groups in total. The van der Waals surface area contributed by atoms with E-state index in [1.807, 2.05) is 0 Å². The molecule has 0 aromatic carbocycles. The van der Waals surface area contributed by atoms with E-state index >= 15 is 0 Å². The molecule has 0 aromatic rings. The van der Waals surface area contributed by atoms with Crippen molar-refractivity contribution in [3.8, 4) is 0 Å². The summed E-state index contributed by atoms with van der Waals surface area (Å²) in [6, 6.07) is 0. The van der Waals surface area contributed by atoms with E-state index in [-0.39, 0.29) is 11.0 Å². The Morgan fingerprint density at radius 3 is 2.06 bits per heavy atom. The van der Waals surface area contributed by atoms with Crippen LogP contribution < -0.4 is 5.14 Å². The largest absolute Gasteiger partial charge is 0.259 e. The average molecular weight is 269 g/mol. The van der Waals surface area contributed by atoms with Gasteiger partial charge in [0.15, 0.2) is 0 Å². The first-order chi connectivity index (χ1) is 7.40. The van der Waals surface area contributed by atoms with Gasteiger partial charge in [0.1, 0.15) is 0 Å². The lowest BCUT2D eigenvalue weighted by molar-refractivity contribution is 0.596. The fourth-order valence-corrected chi connectivity index (χ4v) is 4.11. The highest BCUT2D eigenvalue weighted by Gasteiger charge is 2.15. The van der Waals surface area contributed by atoms with Gasteiger partial charge in [0.05, 0.1) is 5.75 Å². The summed E-state index contributed by atoms with van der Waals surface area (Å²) < 4.78 is 33.3. The lowest BCUT2D eigenvalue weighted by Gasteiger charge is -2.14. The molecule has 0 rings (SSSR count). The van der Waals surface area contributed by atoms with Gasteiger partial charge >= 0.3 is 0 Å². The lowest BCUT2D eigenvalue weighted by atomic mass is 10.2. The Morgan fingerprint density at radius 2 is 1.69 bits per heavy atom. The zero-order valence-electron chi connectivity index (χ0n) is 10.1. The highest BCUT2D eigenvalue weighted by molar-refractivity contribution is 7.89. The van der Waals surface area contributed by atoms with E-state index in [1.54, 1.807) is 0 Å². The zero-order valence-corrected chi connectivity index (χ0v) is 11.8. The Hall–Kier alpha value is 0.0600. The molecule has 0 saturated heterocycles. The van der Waals surface area contributed by atoms with Crippen LogP contribution in [-0.4, -0.2) is 29.4 Å². The van der Waals surface area contributed by atoms with Gasteiger partial charge in [-0.3, -0.25) is 4.21 Å². The summed E-state index contributed by atoms with van der Waals surface area (Å²) in [5, 5.41) is 5.11. The van der Waals surface area contributed by atoms with Gasteiger partial charge in [-0.15, -0.1) is 0 Å². The molecule has 0 saturated carbocycles. The Kier molecular flexibility index (Phi) is 8.23. The van der Waals surface area contributed by atoms with Crippen LogP contribution in [0.3, 0.4) is 0 Å². The second-order valence-electron chi connectivity index (χ2n) is 4.00. The average Bonchev–Trinajstić information content (AvgIpc) is 2.15. The predicted octanol–water partition coefficient (Wildman–Crippen LogP) is 1.38. The van der Waals surface area contributed by atoms with E-state index in [1.165, 1.54) is 0 Å². The molecule has 16 heavy (non-hydrogen) atoms. The summed E-state index contributed by atoms with van der Waals surface area (Å²) in [4.78, 5) is 0. The maximum atomic E-state index is 11.9. The maximum Gasteiger partial charge on any atom is 0.209 e. The van der Waals surface area contributed by atoms with Gasteiger partial charge in [0.2, 0.25) is 10.0 Å². The molecular formula is C10H23NO3S2. The molecule has 0 bridgehead atoms. The first-order valence-electron chi connectivity index (χ1n) is 5.78. The van der Waals surface area contributed by atoms with E-state index in [0.717, 1.165) is 25.7 Å². The summed E-state index contributed by atoms with van der Waals surface area (Å²) >= 11 is 0. The topological polar surface area (TPSA) is 77.2 Å². The van der Waals surface area contributed by atoms with Gasteiger partial charge in [-0.05, 0) is 19.3 Å². The molecular weight excluding hydrogens is 246 g/mol. The minimum Gasteiger partial charge on any atom is -0.259 e. The van der Waals surface area contributed by atoms with Crippen molar-refractivity contribution >= 4 is 20.8 Å². The number of rotatable bonds is 9. The minimum absolute atomic E-state index is 0.0658. The van der Waals surface area contributed by atoms with E-state index in [0.29, 0.717) is 12.2 Å². The molecule has 4 nitrogen and oxygen atoms in total. The van der Waals surface area contributed by atoms with Crippen LogP contribution in [-0.2, 0) is 20.8 Å². The predicted molar refractivity (Wildman–Crippen MR) is 69.2 cm³/mol. The van der Waals surface area contributed by atoms with Crippen LogP contribution in [0.5, 0.6) is 0 Å². The van der Waals surface area contributed by atoms with Crippen LogP contribution >= 0.6 is 0 Å². The monoisotopic (exact) mass is 269 g/mol. The third-order valence-electron chi connectivity index (χ3n) is 2.37. The number of primary sulfonamides is 1. The fraction of sp³-hybridized carbons (Fsp3) is 1.00. The minimum atomic E-state index is -3.40. The summed E-state index contributed by atoms with van der Waals surface area (Å²) in [5.41, 5.74) is 0. The van der Waals surface area contributed by atoms with Gasteiger partial charge in [-0.1, -0.05) is 26.7 Å². The standard InChI is InChI=1S/C10H23NO3S2/c1-3-6-10(7-4-2)15(12)8-5-9-16(11,13)14/h10H,3-9H2,1-2H3,(H2,11,13,14). The van der Waals surface area contributed by atoms with Crippen molar-refractivity contribution in [3.63, 3.8) is 0 Å². The molecule has 0 aromatic heterocycles. The summed E-state index contributed by atoms with van der Waals surface area (Å²) in [5.74, 6) is 0.380. The Balaban J connectivity index is 4.00. The van der Waals surface area contributed by atoms with Crippen molar-refractivity contribution in [1.82, 2.24) is 0 Å². The summed E-state index contributed by atoms with van der Waals surface area (Å²) in [6.07, 6.45) is 4.35. The van der Waals surface area contributed by atoms with Crippen LogP contribution in [0, 0.1) is 0 Å². The molecule has 0 aliphatic heterocycles. The Bertz CT molecular complexity index is 295. The van der Waals surface area contributed by atoms with E-state index < -0.39 is 20.8 Å². The molecule has 0 radical (unpaired) electrons. The third kappa shape index (κ3) is 8.24. The molecule has 0 fully saturated rings. The maximum absolute atomic E-state index is 11.9. The summed E-state index contributed by atoms with van der Waals surface area (Å²) in [6.45, 7) is 4.15. The molecule has 6 heteroatoms. The van der Waals surface area contributed by atoms with E-state index in [2.05, 4.69) is 13.8 Å². The second kappa shape index (κ2) is 8.20. The number of nitrogens with two attached hydrogens (primary N) is 1. The van der Waals surface area contributed by atoms with Crippen molar-refractivity contribution < 1.29 is 12.6 Å². The quantitative estimate of drug-likeness (QED) is 0.687.